The van der Waals surface area contributed by atoms with Crippen molar-refractivity contribution in [2.45, 2.75) is 25.8 Å². The molecule has 0 saturated carbocycles. The molecule has 4 nitrogen and oxygen atoms in total. The molecule has 0 radical (unpaired) electrons. The molecule has 0 fully saturated rings. The fourth-order valence-electron chi connectivity index (χ4n) is 3.39. The van der Waals surface area contributed by atoms with Gasteiger partial charge in [0.05, 0.1) is 12.0 Å². The Bertz CT molecular complexity index is 787. The highest BCUT2D eigenvalue weighted by Gasteiger charge is 2.35. The average Bonchev–Trinajstić information content (AvgIpc) is 2.61. The maximum Gasteiger partial charge on any atom is 0.239 e. The summed E-state index contributed by atoms with van der Waals surface area (Å²) in [5, 5.41) is 5.86. The lowest BCUT2D eigenvalue weighted by Gasteiger charge is -2.34. The number of amides is 2. The van der Waals surface area contributed by atoms with Crippen molar-refractivity contribution in [3.8, 4) is 0 Å². The van der Waals surface area contributed by atoms with Crippen LogP contribution in [0.15, 0.2) is 48.5 Å². The zero-order valence-corrected chi connectivity index (χ0v) is 15.0. The Labute approximate surface area is 152 Å². The minimum Gasteiger partial charge on any atom is -0.345 e. The maximum atomic E-state index is 12.7. The van der Waals surface area contributed by atoms with E-state index in [0.29, 0.717) is 5.69 Å². The third-order valence-electron chi connectivity index (χ3n) is 4.53. The van der Waals surface area contributed by atoms with Crippen LogP contribution >= 0.6 is 11.6 Å². The Morgan fingerprint density at radius 1 is 1.12 bits per heavy atom. The highest BCUT2D eigenvalue weighted by Crippen LogP contribution is 2.38. The highest BCUT2D eigenvalue weighted by atomic mass is 35.5. The topological polar surface area (TPSA) is 58.2 Å². The van der Waals surface area contributed by atoms with E-state index in [-0.39, 0.29) is 35.6 Å². The summed E-state index contributed by atoms with van der Waals surface area (Å²) < 4.78 is 0. The van der Waals surface area contributed by atoms with Gasteiger partial charge < -0.3 is 10.6 Å². The van der Waals surface area contributed by atoms with Crippen molar-refractivity contribution in [3.63, 3.8) is 0 Å². The molecule has 0 bridgehead atoms. The van der Waals surface area contributed by atoms with Crippen LogP contribution in [0.2, 0.25) is 0 Å². The summed E-state index contributed by atoms with van der Waals surface area (Å²) in [6, 6.07) is 15.4. The number of hydrogen-bond acceptors (Lipinski definition) is 2. The van der Waals surface area contributed by atoms with E-state index in [1.54, 1.807) is 0 Å². The molecule has 0 aromatic heterocycles. The first kappa shape index (κ1) is 17.5. The summed E-state index contributed by atoms with van der Waals surface area (Å²) in [5.74, 6) is -0.168. The molecule has 1 aliphatic rings. The Morgan fingerprint density at radius 2 is 1.76 bits per heavy atom. The lowest BCUT2D eigenvalue weighted by atomic mass is 9.78. The van der Waals surface area contributed by atoms with Crippen molar-refractivity contribution >= 4 is 29.1 Å². The molecule has 0 spiro atoms. The van der Waals surface area contributed by atoms with Crippen molar-refractivity contribution < 1.29 is 9.59 Å². The fourth-order valence-corrected chi connectivity index (χ4v) is 3.45. The van der Waals surface area contributed by atoms with Crippen LogP contribution in [0.1, 0.15) is 42.5 Å². The average molecular weight is 357 g/mol. The van der Waals surface area contributed by atoms with Gasteiger partial charge in [-0.25, -0.2) is 0 Å². The van der Waals surface area contributed by atoms with E-state index in [4.69, 9.17) is 11.6 Å². The van der Waals surface area contributed by atoms with Crippen LogP contribution < -0.4 is 10.6 Å². The second-order valence-electron chi connectivity index (χ2n) is 6.60. The zero-order valence-electron chi connectivity index (χ0n) is 14.3. The van der Waals surface area contributed by atoms with Crippen LogP contribution in [0.25, 0.3) is 0 Å². The van der Waals surface area contributed by atoms with E-state index in [2.05, 4.69) is 30.5 Å². The van der Waals surface area contributed by atoms with E-state index in [1.807, 2.05) is 42.5 Å². The molecule has 2 amide bonds. The van der Waals surface area contributed by atoms with Gasteiger partial charge in [0.2, 0.25) is 11.8 Å². The van der Waals surface area contributed by atoms with Gasteiger partial charge in [-0.15, -0.1) is 11.6 Å². The van der Waals surface area contributed by atoms with Gasteiger partial charge in [0.1, 0.15) is 5.88 Å². The SMILES string of the molecule is CC(C)C1C(=O)NC(c2ccc(NC(=O)CCl)cc2)c2ccccc21. The molecule has 3 rings (SSSR count). The molecule has 2 aromatic carbocycles. The fraction of sp³-hybridized carbons (Fsp3) is 0.300. The van der Waals surface area contributed by atoms with Crippen LogP contribution in [0.4, 0.5) is 5.69 Å². The van der Waals surface area contributed by atoms with Gasteiger partial charge in [-0.05, 0) is 34.7 Å². The van der Waals surface area contributed by atoms with Gasteiger partial charge in [-0.3, -0.25) is 9.59 Å². The molecule has 2 unspecified atom stereocenters. The summed E-state index contributed by atoms with van der Waals surface area (Å²) in [6.45, 7) is 4.13. The molecule has 5 heteroatoms. The van der Waals surface area contributed by atoms with Crippen molar-refractivity contribution in [3.05, 3.63) is 65.2 Å². The van der Waals surface area contributed by atoms with Gasteiger partial charge in [-0.2, -0.15) is 0 Å². The molecule has 2 N–H and O–H groups in total. The third kappa shape index (κ3) is 3.54. The van der Waals surface area contributed by atoms with Crippen LogP contribution in [0.3, 0.4) is 0 Å². The Hall–Kier alpha value is -2.33. The van der Waals surface area contributed by atoms with Crippen molar-refractivity contribution in [1.29, 1.82) is 0 Å². The van der Waals surface area contributed by atoms with Crippen molar-refractivity contribution in [2.75, 3.05) is 11.2 Å². The predicted octanol–water partition coefficient (Wildman–Crippen LogP) is 3.82. The number of anilines is 1. The third-order valence-corrected chi connectivity index (χ3v) is 4.77. The number of benzene rings is 2. The van der Waals surface area contributed by atoms with Crippen molar-refractivity contribution in [1.82, 2.24) is 5.32 Å². The van der Waals surface area contributed by atoms with Gasteiger partial charge in [-0.1, -0.05) is 50.2 Å². The van der Waals surface area contributed by atoms with E-state index >= 15 is 0 Å². The van der Waals surface area contributed by atoms with E-state index in [1.165, 1.54) is 0 Å². The minimum atomic E-state index is -0.245. The number of fused-ring (bicyclic) bond motifs is 1. The van der Waals surface area contributed by atoms with Gasteiger partial charge in [0.25, 0.3) is 0 Å². The van der Waals surface area contributed by atoms with E-state index < -0.39 is 0 Å². The van der Waals surface area contributed by atoms with Crippen molar-refractivity contribution in [2.24, 2.45) is 5.92 Å². The second kappa shape index (κ2) is 7.28. The van der Waals surface area contributed by atoms with E-state index in [9.17, 15) is 9.59 Å². The smallest absolute Gasteiger partial charge is 0.239 e. The molecule has 130 valence electrons. The van der Waals surface area contributed by atoms with E-state index in [0.717, 1.165) is 16.7 Å². The summed E-state index contributed by atoms with van der Waals surface area (Å²) in [6.07, 6.45) is 0. The summed E-state index contributed by atoms with van der Waals surface area (Å²) in [7, 11) is 0. The number of carbonyl (C=O) groups excluding carboxylic acids is 2. The number of nitrogens with one attached hydrogen (secondary N) is 2. The van der Waals surface area contributed by atoms with Crippen LogP contribution in [0, 0.1) is 5.92 Å². The molecular formula is C20H21ClN2O2. The van der Waals surface area contributed by atoms with Crippen LogP contribution in [-0.4, -0.2) is 17.7 Å². The quantitative estimate of drug-likeness (QED) is 0.818. The molecule has 1 aliphatic heterocycles. The molecule has 2 aromatic rings. The largest absolute Gasteiger partial charge is 0.345 e. The van der Waals surface area contributed by atoms with Gasteiger partial charge in [0, 0.05) is 5.69 Å². The molecule has 1 heterocycles. The molecule has 2 atom stereocenters. The summed E-state index contributed by atoms with van der Waals surface area (Å²) in [4.78, 5) is 24.0. The number of alkyl halides is 1. The maximum absolute atomic E-state index is 12.7. The van der Waals surface area contributed by atoms with Gasteiger partial charge in [0.15, 0.2) is 0 Å². The first-order valence-electron chi connectivity index (χ1n) is 8.36. The van der Waals surface area contributed by atoms with Crippen LogP contribution in [0.5, 0.6) is 0 Å². The zero-order chi connectivity index (χ0) is 18.0. The number of halogens is 1. The van der Waals surface area contributed by atoms with Gasteiger partial charge >= 0.3 is 0 Å². The Balaban J connectivity index is 1.93. The standard InChI is InChI=1S/C20H21ClN2O2/c1-12(2)18-15-5-3-4-6-16(15)19(23-20(18)25)13-7-9-14(10-8-13)22-17(24)11-21/h3-10,12,18-19H,11H2,1-2H3,(H,22,24)(H,23,25). The predicted molar refractivity (Wildman–Crippen MR) is 99.8 cm³/mol. The number of rotatable bonds is 4. The monoisotopic (exact) mass is 356 g/mol. The Morgan fingerprint density at radius 3 is 2.36 bits per heavy atom. The molecule has 0 saturated heterocycles. The summed E-state index contributed by atoms with van der Waals surface area (Å²) >= 11 is 5.51. The Kier molecular flexibility index (Phi) is 5.09. The molecule has 25 heavy (non-hydrogen) atoms. The lowest BCUT2D eigenvalue weighted by molar-refractivity contribution is -0.124. The first-order valence-corrected chi connectivity index (χ1v) is 8.89. The number of hydrogen-bond donors (Lipinski definition) is 2. The lowest BCUT2D eigenvalue weighted by Crippen LogP contribution is -2.40. The van der Waals surface area contributed by atoms with Crippen LogP contribution in [-0.2, 0) is 9.59 Å². The number of carbonyl (C=O) groups is 2. The minimum absolute atomic E-state index is 0.0539. The highest BCUT2D eigenvalue weighted by molar-refractivity contribution is 6.29. The molecular weight excluding hydrogens is 336 g/mol. The molecule has 0 aliphatic carbocycles. The summed E-state index contributed by atoms with van der Waals surface area (Å²) in [5.41, 5.74) is 3.88. The normalized spacial score (nSPS) is 19.3. The first-order chi connectivity index (χ1) is 12.0. The second-order valence-corrected chi connectivity index (χ2v) is 6.86.